The molecule has 0 bridgehead atoms. The van der Waals surface area contributed by atoms with E-state index in [9.17, 15) is 14.4 Å². The van der Waals surface area contributed by atoms with Crippen molar-refractivity contribution in [3.05, 3.63) is 47.3 Å². The number of carbonyl (C=O) groups is 3. The molecule has 0 atom stereocenters. The van der Waals surface area contributed by atoms with Gasteiger partial charge in [-0.3, -0.25) is 9.59 Å². The zero-order chi connectivity index (χ0) is 21.4. The molecule has 0 unspecified atom stereocenters. The molecule has 1 aromatic carbocycles. The van der Waals surface area contributed by atoms with E-state index in [2.05, 4.69) is 15.2 Å². The Morgan fingerprint density at radius 1 is 1.07 bits per heavy atom. The first-order valence-electron chi connectivity index (χ1n) is 9.94. The number of carbonyl (C=O) groups excluding carboxylic acids is 3. The summed E-state index contributed by atoms with van der Waals surface area (Å²) in [4.78, 5) is 43.0. The van der Waals surface area contributed by atoms with Crippen LogP contribution in [-0.4, -0.2) is 60.3 Å². The number of likely N-dealkylation sites (N-methyl/N-ethyl adjacent to an activating group) is 1. The van der Waals surface area contributed by atoms with Crippen LogP contribution in [0.5, 0.6) is 0 Å². The highest BCUT2D eigenvalue weighted by Crippen LogP contribution is 2.31. The SMILES string of the molecule is CCOC(=O)c1c(C)[nH]c(C(=O)C(=O)NCCN(CC)CC)c1-c1ccccc1. The monoisotopic (exact) mass is 399 g/mol. The first-order valence-corrected chi connectivity index (χ1v) is 9.94. The predicted octanol–water partition coefficient (Wildman–Crippen LogP) is 2.81. The Hall–Kier alpha value is -2.93. The van der Waals surface area contributed by atoms with Crippen molar-refractivity contribution in [2.45, 2.75) is 27.7 Å². The quantitative estimate of drug-likeness (QED) is 0.364. The summed E-state index contributed by atoms with van der Waals surface area (Å²) in [6.07, 6.45) is 0. The largest absolute Gasteiger partial charge is 0.462 e. The van der Waals surface area contributed by atoms with Crippen LogP contribution in [0.25, 0.3) is 11.1 Å². The van der Waals surface area contributed by atoms with Gasteiger partial charge in [0.05, 0.1) is 12.2 Å². The minimum Gasteiger partial charge on any atom is -0.462 e. The summed E-state index contributed by atoms with van der Waals surface area (Å²) in [5, 5.41) is 2.68. The summed E-state index contributed by atoms with van der Waals surface area (Å²) in [7, 11) is 0. The maximum atomic E-state index is 12.9. The summed E-state index contributed by atoms with van der Waals surface area (Å²) in [6.45, 7) is 10.5. The normalized spacial score (nSPS) is 10.8. The molecule has 0 saturated carbocycles. The molecule has 2 aromatic rings. The van der Waals surface area contributed by atoms with Crippen LogP contribution >= 0.6 is 0 Å². The van der Waals surface area contributed by atoms with E-state index >= 15 is 0 Å². The molecule has 0 aliphatic carbocycles. The maximum Gasteiger partial charge on any atom is 0.340 e. The third kappa shape index (κ3) is 5.32. The average molecular weight is 399 g/mol. The molecule has 156 valence electrons. The van der Waals surface area contributed by atoms with E-state index in [0.29, 0.717) is 29.9 Å². The van der Waals surface area contributed by atoms with Crippen LogP contribution in [0.4, 0.5) is 0 Å². The standard InChI is InChI=1S/C22H29N3O4/c1-5-25(6-2)14-13-23-21(27)20(26)19-18(16-11-9-8-10-12-16)17(15(4)24-19)22(28)29-7-3/h8-12,24H,5-7,13-14H2,1-4H3,(H,23,27). The molecule has 29 heavy (non-hydrogen) atoms. The Kier molecular flexibility index (Phi) is 8.15. The molecule has 2 N–H and O–H groups in total. The van der Waals surface area contributed by atoms with Crippen LogP contribution in [0.15, 0.2) is 30.3 Å². The number of H-pyrrole nitrogens is 1. The first-order chi connectivity index (χ1) is 13.9. The Morgan fingerprint density at radius 2 is 1.72 bits per heavy atom. The van der Waals surface area contributed by atoms with Gasteiger partial charge in [0.2, 0.25) is 0 Å². The highest BCUT2D eigenvalue weighted by atomic mass is 16.5. The number of ether oxygens (including phenoxy) is 1. The number of benzene rings is 1. The van der Waals surface area contributed by atoms with Crippen molar-refractivity contribution < 1.29 is 19.1 Å². The summed E-state index contributed by atoms with van der Waals surface area (Å²) in [5.41, 5.74) is 1.92. The summed E-state index contributed by atoms with van der Waals surface area (Å²) >= 11 is 0. The van der Waals surface area contributed by atoms with Crippen molar-refractivity contribution >= 4 is 17.7 Å². The third-order valence-corrected chi connectivity index (χ3v) is 4.77. The lowest BCUT2D eigenvalue weighted by molar-refractivity contribution is -0.117. The Bertz CT molecular complexity index is 854. The highest BCUT2D eigenvalue weighted by molar-refractivity contribution is 6.43. The van der Waals surface area contributed by atoms with Gasteiger partial charge in [0.15, 0.2) is 0 Å². The number of aromatic nitrogens is 1. The molecule has 0 radical (unpaired) electrons. The molecule has 0 fully saturated rings. The fraction of sp³-hybridized carbons (Fsp3) is 0.409. The fourth-order valence-electron chi connectivity index (χ4n) is 3.21. The van der Waals surface area contributed by atoms with Crippen LogP contribution in [0.1, 0.15) is 47.3 Å². The summed E-state index contributed by atoms with van der Waals surface area (Å²) in [6, 6.07) is 9.05. The van der Waals surface area contributed by atoms with Crippen molar-refractivity contribution in [3.8, 4) is 11.1 Å². The van der Waals surface area contributed by atoms with Gasteiger partial charge in [-0.1, -0.05) is 44.2 Å². The van der Waals surface area contributed by atoms with E-state index < -0.39 is 17.7 Å². The molecular formula is C22H29N3O4. The van der Waals surface area contributed by atoms with Gasteiger partial charge in [0.25, 0.3) is 11.7 Å². The minimum atomic E-state index is -0.706. The van der Waals surface area contributed by atoms with Crippen molar-refractivity contribution in [1.29, 1.82) is 0 Å². The van der Waals surface area contributed by atoms with E-state index in [1.165, 1.54) is 0 Å². The Morgan fingerprint density at radius 3 is 2.31 bits per heavy atom. The minimum absolute atomic E-state index is 0.0945. The second-order valence-corrected chi connectivity index (χ2v) is 6.57. The van der Waals surface area contributed by atoms with E-state index in [1.54, 1.807) is 26.0 Å². The molecule has 7 heteroatoms. The summed E-state index contributed by atoms with van der Waals surface area (Å²) < 4.78 is 5.16. The number of esters is 1. The Labute approximate surface area is 171 Å². The second kappa shape index (κ2) is 10.6. The van der Waals surface area contributed by atoms with Crippen LogP contribution in [0.2, 0.25) is 0 Å². The van der Waals surface area contributed by atoms with Gasteiger partial charge < -0.3 is 19.9 Å². The van der Waals surface area contributed by atoms with Gasteiger partial charge in [-0.2, -0.15) is 0 Å². The van der Waals surface area contributed by atoms with Gasteiger partial charge in [-0.05, 0) is 32.5 Å². The molecule has 0 spiro atoms. The van der Waals surface area contributed by atoms with E-state index in [1.807, 2.05) is 32.0 Å². The molecule has 2 rings (SSSR count). The molecule has 7 nitrogen and oxygen atoms in total. The lowest BCUT2D eigenvalue weighted by Crippen LogP contribution is -2.38. The number of aromatic amines is 1. The lowest BCUT2D eigenvalue weighted by Gasteiger charge is -2.17. The Balaban J connectivity index is 2.34. The van der Waals surface area contributed by atoms with Gasteiger partial charge in [0, 0.05) is 24.3 Å². The lowest BCUT2D eigenvalue weighted by atomic mass is 9.98. The molecule has 0 aliphatic rings. The number of hydrogen-bond acceptors (Lipinski definition) is 5. The highest BCUT2D eigenvalue weighted by Gasteiger charge is 2.29. The first kappa shape index (κ1) is 22.4. The molecule has 1 heterocycles. The maximum absolute atomic E-state index is 12.9. The van der Waals surface area contributed by atoms with Crippen LogP contribution in [0, 0.1) is 6.92 Å². The summed E-state index contributed by atoms with van der Waals surface area (Å²) in [5.74, 6) is -1.94. The zero-order valence-corrected chi connectivity index (χ0v) is 17.5. The van der Waals surface area contributed by atoms with Gasteiger partial charge in [-0.25, -0.2) is 4.79 Å². The van der Waals surface area contributed by atoms with Crippen LogP contribution in [-0.2, 0) is 9.53 Å². The number of nitrogens with zero attached hydrogens (tertiary/aromatic N) is 1. The van der Waals surface area contributed by atoms with Gasteiger partial charge in [0.1, 0.15) is 5.69 Å². The van der Waals surface area contributed by atoms with Crippen molar-refractivity contribution in [2.75, 3.05) is 32.8 Å². The molecule has 0 saturated heterocycles. The van der Waals surface area contributed by atoms with E-state index in [4.69, 9.17) is 4.74 Å². The van der Waals surface area contributed by atoms with Gasteiger partial charge >= 0.3 is 5.97 Å². The zero-order valence-electron chi connectivity index (χ0n) is 17.5. The molecule has 0 aliphatic heterocycles. The molecule has 1 amide bonds. The average Bonchev–Trinajstić information content (AvgIpc) is 3.08. The van der Waals surface area contributed by atoms with Crippen LogP contribution in [0.3, 0.4) is 0 Å². The number of nitrogens with one attached hydrogen (secondary N) is 2. The predicted molar refractivity (Wildman–Crippen MR) is 112 cm³/mol. The number of Topliss-reactive ketones (excluding diaryl/α,β-unsaturated/α-hetero) is 1. The van der Waals surface area contributed by atoms with Crippen molar-refractivity contribution in [2.24, 2.45) is 0 Å². The number of amides is 1. The second-order valence-electron chi connectivity index (χ2n) is 6.57. The molecular weight excluding hydrogens is 370 g/mol. The topological polar surface area (TPSA) is 91.5 Å². The fourth-order valence-corrected chi connectivity index (χ4v) is 3.21. The number of rotatable bonds is 10. The number of hydrogen-bond donors (Lipinski definition) is 2. The van der Waals surface area contributed by atoms with E-state index in [0.717, 1.165) is 13.1 Å². The smallest absolute Gasteiger partial charge is 0.340 e. The van der Waals surface area contributed by atoms with Crippen LogP contribution < -0.4 is 5.32 Å². The molecule has 1 aromatic heterocycles. The van der Waals surface area contributed by atoms with Gasteiger partial charge in [-0.15, -0.1) is 0 Å². The third-order valence-electron chi connectivity index (χ3n) is 4.77. The number of ketones is 1. The number of aryl methyl sites for hydroxylation is 1. The van der Waals surface area contributed by atoms with Crippen molar-refractivity contribution in [3.63, 3.8) is 0 Å². The van der Waals surface area contributed by atoms with Crippen molar-refractivity contribution in [1.82, 2.24) is 15.2 Å². The van der Waals surface area contributed by atoms with E-state index in [-0.39, 0.29) is 17.9 Å².